The van der Waals surface area contributed by atoms with Gasteiger partial charge in [0.25, 0.3) is 0 Å². The number of hydrogen-bond acceptors (Lipinski definition) is 7. The number of halogens is 3. The number of hydrogen-bond donors (Lipinski definition) is 4. The average Bonchev–Trinajstić information content (AvgIpc) is 2.47. The molecule has 0 aromatic carbocycles. The molecule has 0 amide bonds. The first-order chi connectivity index (χ1) is 10.3. The molecule has 22 heavy (non-hydrogen) atoms. The summed E-state index contributed by atoms with van der Waals surface area (Å²) in [6, 6.07) is -0.754. The Hall–Kier alpha value is -1.49. The van der Waals surface area contributed by atoms with Crippen molar-refractivity contribution in [2.45, 2.75) is 37.0 Å². The van der Waals surface area contributed by atoms with Crippen LogP contribution in [0.25, 0.3) is 0 Å². The topological polar surface area (TPSA) is 108 Å². The normalized spacial score (nSPS) is 29.4. The van der Waals surface area contributed by atoms with E-state index in [-0.39, 0.29) is 25.5 Å². The van der Waals surface area contributed by atoms with Crippen molar-refractivity contribution < 1.29 is 33.2 Å². The molecule has 4 atom stereocenters. The van der Waals surface area contributed by atoms with Gasteiger partial charge < -0.3 is 25.4 Å². The molecule has 1 aromatic heterocycles. The third kappa shape index (κ3) is 3.83. The Morgan fingerprint density at radius 2 is 1.95 bits per heavy atom. The molecule has 1 saturated heterocycles. The van der Waals surface area contributed by atoms with E-state index in [9.17, 15) is 23.4 Å². The lowest BCUT2D eigenvalue weighted by Gasteiger charge is -2.37. The number of rotatable bonds is 4. The van der Waals surface area contributed by atoms with Crippen LogP contribution in [0.4, 0.5) is 19.0 Å². The SMILES string of the molecule is OCC[C@H]1OC[C@H](Nc2cnc(C(F)(F)F)cn2)[C@@H](O)[C@H]1O. The predicted molar refractivity (Wildman–Crippen MR) is 67.9 cm³/mol. The van der Waals surface area contributed by atoms with Crippen LogP contribution in [0.5, 0.6) is 0 Å². The zero-order chi connectivity index (χ0) is 16.3. The van der Waals surface area contributed by atoms with Gasteiger partial charge >= 0.3 is 6.18 Å². The Morgan fingerprint density at radius 3 is 2.50 bits per heavy atom. The molecule has 1 aromatic rings. The summed E-state index contributed by atoms with van der Waals surface area (Å²) in [7, 11) is 0. The van der Waals surface area contributed by atoms with Crippen molar-refractivity contribution in [2.24, 2.45) is 0 Å². The molecule has 7 nitrogen and oxygen atoms in total. The van der Waals surface area contributed by atoms with Crippen molar-refractivity contribution in [1.82, 2.24) is 9.97 Å². The van der Waals surface area contributed by atoms with Gasteiger partial charge in [-0.25, -0.2) is 9.97 Å². The highest BCUT2D eigenvalue weighted by molar-refractivity contribution is 5.33. The van der Waals surface area contributed by atoms with Crippen molar-refractivity contribution >= 4 is 5.82 Å². The van der Waals surface area contributed by atoms with Crippen LogP contribution in [0.1, 0.15) is 12.1 Å². The molecule has 0 saturated carbocycles. The van der Waals surface area contributed by atoms with Crippen molar-refractivity contribution in [3.05, 3.63) is 18.1 Å². The maximum Gasteiger partial charge on any atom is 0.434 e. The van der Waals surface area contributed by atoms with Crippen LogP contribution in [0.3, 0.4) is 0 Å². The lowest BCUT2D eigenvalue weighted by molar-refractivity contribution is -0.145. The number of aromatic nitrogens is 2. The fraction of sp³-hybridized carbons (Fsp3) is 0.667. The number of anilines is 1. The van der Waals surface area contributed by atoms with E-state index in [0.717, 1.165) is 6.20 Å². The van der Waals surface area contributed by atoms with Gasteiger partial charge in [0.15, 0.2) is 5.69 Å². The molecule has 2 rings (SSSR count). The van der Waals surface area contributed by atoms with Crippen LogP contribution in [0, 0.1) is 0 Å². The maximum absolute atomic E-state index is 12.4. The van der Waals surface area contributed by atoms with E-state index >= 15 is 0 Å². The molecule has 1 aliphatic rings. The van der Waals surface area contributed by atoms with Gasteiger partial charge in [-0.3, -0.25) is 0 Å². The lowest BCUT2D eigenvalue weighted by Crippen LogP contribution is -2.55. The number of aliphatic hydroxyl groups is 3. The largest absolute Gasteiger partial charge is 0.434 e. The van der Waals surface area contributed by atoms with Crippen LogP contribution < -0.4 is 5.32 Å². The Morgan fingerprint density at radius 1 is 1.23 bits per heavy atom. The van der Waals surface area contributed by atoms with E-state index in [1.165, 1.54) is 0 Å². The highest BCUT2D eigenvalue weighted by Gasteiger charge is 2.38. The van der Waals surface area contributed by atoms with Crippen LogP contribution in [0.15, 0.2) is 12.4 Å². The second kappa shape index (κ2) is 6.73. The summed E-state index contributed by atoms with van der Waals surface area (Å²) in [6.07, 6.45) is -6.07. The molecule has 0 bridgehead atoms. The van der Waals surface area contributed by atoms with Gasteiger partial charge in [-0.1, -0.05) is 0 Å². The second-order valence-electron chi connectivity index (χ2n) is 4.90. The zero-order valence-electron chi connectivity index (χ0n) is 11.4. The number of nitrogens with zero attached hydrogens (tertiary/aromatic N) is 2. The molecule has 0 unspecified atom stereocenters. The fourth-order valence-electron chi connectivity index (χ4n) is 2.13. The van der Waals surface area contributed by atoms with Gasteiger partial charge in [0, 0.05) is 6.61 Å². The quantitative estimate of drug-likeness (QED) is 0.607. The summed E-state index contributed by atoms with van der Waals surface area (Å²) in [5.74, 6) is 0.0217. The van der Waals surface area contributed by atoms with E-state index < -0.39 is 36.2 Å². The summed E-state index contributed by atoms with van der Waals surface area (Å²) in [6.45, 7) is -0.192. The number of ether oxygens (including phenoxy) is 1. The predicted octanol–water partition coefficient (Wildman–Crippen LogP) is -0.221. The van der Waals surface area contributed by atoms with Crippen molar-refractivity contribution in [3.8, 4) is 0 Å². The molecular weight excluding hydrogens is 307 g/mol. The van der Waals surface area contributed by atoms with Gasteiger partial charge in [0.1, 0.15) is 18.0 Å². The first kappa shape index (κ1) is 16.9. The molecule has 1 fully saturated rings. The minimum atomic E-state index is -4.58. The lowest BCUT2D eigenvalue weighted by atomic mass is 9.96. The van der Waals surface area contributed by atoms with Gasteiger partial charge in [-0.05, 0) is 6.42 Å². The molecule has 0 aliphatic carbocycles. The average molecular weight is 323 g/mol. The Labute approximate surface area is 123 Å². The highest BCUT2D eigenvalue weighted by atomic mass is 19.4. The van der Waals surface area contributed by atoms with E-state index in [1.807, 2.05) is 0 Å². The number of alkyl halides is 3. The number of nitrogens with one attached hydrogen (secondary N) is 1. The molecule has 1 aliphatic heterocycles. The van der Waals surface area contributed by atoms with Gasteiger partial charge in [0.2, 0.25) is 0 Å². The standard InChI is InChI=1S/C12H16F3N3O4/c13-12(14,15)8-3-17-9(4-16-8)18-6-5-22-7(1-2-19)11(21)10(6)20/h3-4,6-7,10-11,19-21H,1-2,5H2,(H,17,18)/t6-,7+,10+,11-/m0/s1. The van der Waals surface area contributed by atoms with Gasteiger partial charge in [-0.15, -0.1) is 0 Å². The number of aliphatic hydroxyl groups excluding tert-OH is 3. The third-order valence-electron chi connectivity index (χ3n) is 3.32. The van der Waals surface area contributed by atoms with Gasteiger partial charge in [0.05, 0.1) is 31.1 Å². The van der Waals surface area contributed by atoms with Crippen LogP contribution in [-0.4, -0.2) is 62.9 Å². The summed E-state index contributed by atoms with van der Waals surface area (Å²) < 4.78 is 42.4. The van der Waals surface area contributed by atoms with Crippen molar-refractivity contribution in [1.29, 1.82) is 0 Å². The second-order valence-corrected chi connectivity index (χ2v) is 4.90. The smallest absolute Gasteiger partial charge is 0.396 e. The molecule has 0 spiro atoms. The van der Waals surface area contributed by atoms with E-state index in [0.29, 0.717) is 6.20 Å². The van der Waals surface area contributed by atoms with Crippen LogP contribution in [-0.2, 0) is 10.9 Å². The van der Waals surface area contributed by atoms with Crippen LogP contribution >= 0.6 is 0 Å². The van der Waals surface area contributed by atoms with E-state index in [2.05, 4.69) is 15.3 Å². The Kier molecular flexibility index (Phi) is 5.16. The van der Waals surface area contributed by atoms with Gasteiger partial charge in [-0.2, -0.15) is 13.2 Å². The Bertz CT molecular complexity index is 485. The summed E-state index contributed by atoms with van der Waals surface area (Å²) in [5.41, 5.74) is -1.12. The minimum Gasteiger partial charge on any atom is -0.396 e. The van der Waals surface area contributed by atoms with Crippen molar-refractivity contribution in [2.75, 3.05) is 18.5 Å². The monoisotopic (exact) mass is 323 g/mol. The van der Waals surface area contributed by atoms with Crippen molar-refractivity contribution in [3.63, 3.8) is 0 Å². The first-order valence-corrected chi connectivity index (χ1v) is 6.57. The molecule has 124 valence electrons. The maximum atomic E-state index is 12.4. The summed E-state index contributed by atoms with van der Waals surface area (Å²) >= 11 is 0. The zero-order valence-corrected chi connectivity index (χ0v) is 11.4. The third-order valence-corrected chi connectivity index (χ3v) is 3.32. The molecule has 2 heterocycles. The molecule has 4 N–H and O–H groups in total. The van der Waals surface area contributed by atoms with E-state index in [1.54, 1.807) is 0 Å². The molecule has 0 radical (unpaired) electrons. The first-order valence-electron chi connectivity index (χ1n) is 6.57. The molecular formula is C12H16F3N3O4. The van der Waals surface area contributed by atoms with Crippen LogP contribution in [0.2, 0.25) is 0 Å². The fourth-order valence-corrected chi connectivity index (χ4v) is 2.13. The summed E-state index contributed by atoms with van der Waals surface area (Å²) in [4.78, 5) is 6.81. The molecule has 10 heteroatoms. The Balaban J connectivity index is 1.99. The highest BCUT2D eigenvalue weighted by Crippen LogP contribution is 2.27. The minimum absolute atomic E-state index is 0.00555. The summed E-state index contributed by atoms with van der Waals surface area (Å²) in [5, 5.41) is 31.3. The van der Waals surface area contributed by atoms with E-state index in [4.69, 9.17) is 9.84 Å².